The third-order valence-electron chi connectivity index (χ3n) is 2.66. The van der Waals surface area contributed by atoms with Gasteiger partial charge in [-0.15, -0.1) is 0 Å². The lowest BCUT2D eigenvalue weighted by Crippen LogP contribution is -2.34. The van der Waals surface area contributed by atoms with Crippen LogP contribution in [0.1, 0.15) is 40.0 Å². The monoisotopic (exact) mass is 279 g/mol. The highest BCUT2D eigenvalue weighted by atomic mass is 16.5. The third-order valence-corrected chi connectivity index (χ3v) is 2.66. The van der Waals surface area contributed by atoms with Crippen molar-refractivity contribution >= 4 is 5.91 Å². The van der Waals surface area contributed by atoms with E-state index in [1.165, 1.54) is 12.8 Å². The van der Waals surface area contributed by atoms with Crippen molar-refractivity contribution in [3.63, 3.8) is 0 Å². The number of amides is 1. The Morgan fingerprint density at radius 2 is 1.70 bits per heavy atom. The number of hydrogen-bond donors (Lipinski definition) is 1. The highest BCUT2D eigenvalue weighted by Crippen LogP contribution is 2.17. The molecule has 0 aliphatic heterocycles. The minimum atomic E-state index is -0.111. The number of carbonyl (C=O) groups excluding carboxylic acids is 1. The molecule has 0 aliphatic rings. The average Bonchev–Trinajstić information content (AvgIpc) is 2.42. The van der Waals surface area contributed by atoms with Crippen molar-refractivity contribution in [3.8, 4) is 11.5 Å². The molecule has 1 N–H and O–H groups in total. The van der Waals surface area contributed by atoms with Gasteiger partial charge in [0.1, 0.15) is 11.5 Å². The van der Waals surface area contributed by atoms with E-state index in [0.29, 0.717) is 5.75 Å². The van der Waals surface area contributed by atoms with Crippen LogP contribution in [0.25, 0.3) is 0 Å². The molecular weight excluding hydrogens is 254 g/mol. The second-order valence-corrected chi connectivity index (χ2v) is 5.04. The summed E-state index contributed by atoms with van der Waals surface area (Å²) >= 11 is 0. The summed E-state index contributed by atoms with van der Waals surface area (Å²) in [6, 6.07) is 7.49. The third kappa shape index (κ3) is 7.02. The van der Waals surface area contributed by atoms with Crippen LogP contribution in [0.4, 0.5) is 0 Å². The molecule has 1 amide bonds. The summed E-state index contributed by atoms with van der Waals surface area (Å²) < 4.78 is 11.0. The minimum absolute atomic E-state index is 0.0366. The van der Waals surface area contributed by atoms with E-state index in [4.69, 9.17) is 9.47 Å². The molecule has 0 radical (unpaired) electrons. The summed E-state index contributed by atoms with van der Waals surface area (Å²) in [4.78, 5) is 11.4. The van der Waals surface area contributed by atoms with Gasteiger partial charge in [-0.2, -0.15) is 0 Å². The summed E-state index contributed by atoms with van der Waals surface area (Å²) in [7, 11) is 0. The van der Waals surface area contributed by atoms with Crippen molar-refractivity contribution in [2.24, 2.45) is 0 Å². The van der Waals surface area contributed by atoms with E-state index in [-0.39, 0.29) is 18.6 Å². The van der Waals surface area contributed by atoms with Gasteiger partial charge >= 0.3 is 0 Å². The van der Waals surface area contributed by atoms with Crippen LogP contribution in [-0.4, -0.2) is 25.2 Å². The number of nitrogens with one attached hydrogen (secondary N) is 1. The van der Waals surface area contributed by atoms with E-state index in [0.717, 1.165) is 18.8 Å². The number of carbonyl (C=O) groups is 1. The molecule has 4 nitrogen and oxygen atoms in total. The Kier molecular flexibility index (Phi) is 7.55. The van der Waals surface area contributed by atoms with Gasteiger partial charge in [-0.3, -0.25) is 4.79 Å². The van der Waals surface area contributed by atoms with Crippen LogP contribution in [0, 0.1) is 0 Å². The quantitative estimate of drug-likeness (QED) is 0.706. The van der Waals surface area contributed by atoms with Crippen molar-refractivity contribution in [1.29, 1.82) is 0 Å². The maximum absolute atomic E-state index is 11.4. The fourth-order valence-corrected chi connectivity index (χ4v) is 1.69. The molecule has 1 aromatic rings. The molecule has 0 saturated carbocycles. The Balaban J connectivity index is 2.29. The van der Waals surface area contributed by atoms with Crippen LogP contribution >= 0.6 is 0 Å². The van der Waals surface area contributed by atoms with E-state index in [2.05, 4.69) is 12.2 Å². The normalized spacial score (nSPS) is 10.4. The molecule has 0 unspecified atom stereocenters. The second-order valence-electron chi connectivity index (χ2n) is 5.04. The van der Waals surface area contributed by atoms with Crippen molar-refractivity contribution in [3.05, 3.63) is 24.3 Å². The maximum atomic E-state index is 11.4. The SMILES string of the molecule is CCCCCOc1ccc(OCC(=O)NC(C)C)cc1. The summed E-state index contributed by atoms with van der Waals surface area (Å²) in [6.07, 6.45) is 3.45. The summed E-state index contributed by atoms with van der Waals surface area (Å²) in [6.45, 7) is 6.78. The maximum Gasteiger partial charge on any atom is 0.258 e. The first kappa shape index (κ1) is 16.3. The summed E-state index contributed by atoms with van der Waals surface area (Å²) in [5, 5.41) is 2.78. The van der Waals surface area contributed by atoms with Crippen LogP contribution in [0.15, 0.2) is 24.3 Å². The summed E-state index contributed by atoms with van der Waals surface area (Å²) in [5.74, 6) is 1.39. The number of hydrogen-bond acceptors (Lipinski definition) is 3. The fraction of sp³-hybridized carbons (Fsp3) is 0.562. The minimum Gasteiger partial charge on any atom is -0.494 e. The van der Waals surface area contributed by atoms with Gasteiger partial charge in [0.15, 0.2) is 6.61 Å². The Morgan fingerprint density at radius 3 is 2.25 bits per heavy atom. The van der Waals surface area contributed by atoms with Gasteiger partial charge in [0.2, 0.25) is 0 Å². The Hall–Kier alpha value is -1.71. The van der Waals surface area contributed by atoms with Crippen LogP contribution in [-0.2, 0) is 4.79 Å². The smallest absolute Gasteiger partial charge is 0.258 e. The zero-order valence-corrected chi connectivity index (χ0v) is 12.6. The lowest BCUT2D eigenvalue weighted by molar-refractivity contribution is -0.123. The van der Waals surface area contributed by atoms with Gasteiger partial charge < -0.3 is 14.8 Å². The van der Waals surface area contributed by atoms with Gasteiger partial charge in [0.05, 0.1) is 6.61 Å². The fourth-order valence-electron chi connectivity index (χ4n) is 1.69. The number of benzene rings is 1. The van der Waals surface area contributed by atoms with Crippen LogP contribution < -0.4 is 14.8 Å². The van der Waals surface area contributed by atoms with E-state index >= 15 is 0 Å². The highest BCUT2D eigenvalue weighted by molar-refractivity contribution is 5.77. The molecule has 0 spiro atoms. The van der Waals surface area contributed by atoms with Gasteiger partial charge in [-0.1, -0.05) is 19.8 Å². The molecule has 20 heavy (non-hydrogen) atoms. The van der Waals surface area contributed by atoms with Crippen molar-refractivity contribution in [2.75, 3.05) is 13.2 Å². The Morgan fingerprint density at radius 1 is 1.10 bits per heavy atom. The number of ether oxygens (including phenoxy) is 2. The van der Waals surface area contributed by atoms with Crippen LogP contribution in [0.5, 0.6) is 11.5 Å². The Bertz CT molecular complexity index is 387. The molecule has 0 aliphatic carbocycles. The first-order valence-corrected chi connectivity index (χ1v) is 7.27. The second kappa shape index (κ2) is 9.23. The topological polar surface area (TPSA) is 47.6 Å². The predicted octanol–water partition coefficient (Wildman–Crippen LogP) is 3.16. The molecule has 1 rings (SSSR count). The molecule has 112 valence electrons. The molecule has 0 saturated heterocycles. The first-order valence-electron chi connectivity index (χ1n) is 7.27. The van der Waals surface area contributed by atoms with Gasteiger partial charge in [0.25, 0.3) is 5.91 Å². The largest absolute Gasteiger partial charge is 0.494 e. The summed E-state index contributed by atoms with van der Waals surface area (Å²) in [5.41, 5.74) is 0. The van der Waals surface area contributed by atoms with Crippen LogP contribution in [0.2, 0.25) is 0 Å². The molecule has 0 heterocycles. The standard InChI is InChI=1S/C16H25NO3/c1-4-5-6-11-19-14-7-9-15(10-8-14)20-12-16(18)17-13(2)3/h7-10,13H,4-6,11-12H2,1-3H3,(H,17,18). The van der Waals surface area contributed by atoms with E-state index < -0.39 is 0 Å². The lowest BCUT2D eigenvalue weighted by atomic mass is 10.3. The van der Waals surface area contributed by atoms with E-state index in [1.807, 2.05) is 38.1 Å². The predicted molar refractivity (Wildman–Crippen MR) is 80.2 cm³/mol. The number of unbranched alkanes of at least 4 members (excludes halogenated alkanes) is 2. The molecule has 0 fully saturated rings. The van der Waals surface area contributed by atoms with E-state index in [9.17, 15) is 4.79 Å². The zero-order chi connectivity index (χ0) is 14.8. The zero-order valence-electron chi connectivity index (χ0n) is 12.6. The van der Waals surface area contributed by atoms with Crippen molar-refractivity contribution < 1.29 is 14.3 Å². The lowest BCUT2D eigenvalue weighted by Gasteiger charge is -2.10. The van der Waals surface area contributed by atoms with Gasteiger partial charge in [0, 0.05) is 6.04 Å². The molecular formula is C16H25NO3. The van der Waals surface area contributed by atoms with Gasteiger partial charge in [-0.25, -0.2) is 0 Å². The van der Waals surface area contributed by atoms with Crippen LogP contribution in [0.3, 0.4) is 0 Å². The van der Waals surface area contributed by atoms with Gasteiger partial charge in [-0.05, 0) is 44.5 Å². The highest BCUT2D eigenvalue weighted by Gasteiger charge is 2.04. The van der Waals surface area contributed by atoms with Crippen molar-refractivity contribution in [1.82, 2.24) is 5.32 Å². The molecule has 0 aromatic heterocycles. The molecule has 1 aromatic carbocycles. The molecule has 0 bridgehead atoms. The Labute approximate surface area is 121 Å². The molecule has 0 atom stereocenters. The van der Waals surface area contributed by atoms with E-state index in [1.54, 1.807) is 0 Å². The number of rotatable bonds is 9. The average molecular weight is 279 g/mol. The first-order chi connectivity index (χ1) is 9.61. The molecule has 4 heteroatoms. The van der Waals surface area contributed by atoms with Crippen molar-refractivity contribution in [2.45, 2.75) is 46.1 Å².